The highest BCUT2D eigenvalue weighted by Gasteiger charge is 1.83. The molecule has 0 aromatic rings. The minimum Gasteiger partial charge on any atom is -0.389 e. The zero-order valence-electron chi connectivity index (χ0n) is 7.24. The van der Waals surface area contributed by atoms with Crippen molar-refractivity contribution >= 4 is 0 Å². The zero-order valence-corrected chi connectivity index (χ0v) is 7.24. The Hall–Kier alpha value is -0.720. The summed E-state index contributed by atoms with van der Waals surface area (Å²) in [4.78, 5) is 0. The summed E-state index contributed by atoms with van der Waals surface area (Å²) in [5, 5.41) is 3.19. The summed E-state index contributed by atoms with van der Waals surface area (Å²) in [5.41, 5.74) is 1.15. The highest BCUT2D eigenvalue weighted by atomic mass is 14.9. The van der Waals surface area contributed by atoms with Gasteiger partial charge in [0, 0.05) is 12.2 Å². The van der Waals surface area contributed by atoms with Crippen molar-refractivity contribution in [3.05, 3.63) is 25.4 Å². The van der Waals surface area contributed by atoms with Crippen LogP contribution in [0.5, 0.6) is 0 Å². The summed E-state index contributed by atoms with van der Waals surface area (Å²) in [6, 6.07) is 0. The van der Waals surface area contributed by atoms with E-state index in [1.165, 1.54) is 6.42 Å². The molecule has 1 N–H and O–H groups in total. The molecular weight excluding hydrogens is 122 g/mol. The van der Waals surface area contributed by atoms with Gasteiger partial charge in [-0.05, 0) is 12.8 Å². The first-order valence-electron chi connectivity index (χ1n) is 3.72. The lowest BCUT2D eigenvalue weighted by Gasteiger charge is -2.03. The van der Waals surface area contributed by atoms with Crippen LogP contribution in [0.15, 0.2) is 25.4 Å². The van der Waals surface area contributed by atoms with Gasteiger partial charge < -0.3 is 5.32 Å². The predicted molar refractivity (Wildman–Crippen MR) is 49.0 cm³/mol. The quantitative estimate of drug-likeness (QED) is 0.593. The Labute approximate surface area is 64.8 Å². The van der Waals surface area contributed by atoms with E-state index in [-0.39, 0.29) is 0 Å². The van der Waals surface area contributed by atoms with Gasteiger partial charge in [-0.25, -0.2) is 0 Å². The fourth-order valence-corrected chi connectivity index (χ4v) is 0.427. The first kappa shape index (κ1) is 12.0. The molecule has 0 spiro atoms. The third-order valence-corrected chi connectivity index (χ3v) is 1.05. The van der Waals surface area contributed by atoms with Crippen molar-refractivity contribution in [1.82, 2.24) is 5.32 Å². The smallest absolute Gasteiger partial charge is 0.0141 e. The van der Waals surface area contributed by atoms with Gasteiger partial charge in [0.05, 0.1) is 0 Å². The zero-order chi connectivity index (χ0) is 8.41. The van der Waals surface area contributed by atoms with Crippen molar-refractivity contribution in [3.63, 3.8) is 0 Å². The average molecular weight is 141 g/mol. The molecule has 0 aliphatic heterocycles. The fourth-order valence-electron chi connectivity index (χ4n) is 0.427. The number of rotatable bonds is 4. The maximum absolute atomic E-state index is 3.80. The summed E-state index contributed by atoms with van der Waals surface area (Å²) in [6.07, 6.45) is 2.22. The average Bonchev–Trinajstić information content (AvgIpc) is 2.04. The number of allylic oxidation sites excluding steroid dienone is 1. The Kier molecular flexibility index (Phi) is 13.4. The van der Waals surface area contributed by atoms with Gasteiger partial charge in [-0.15, -0.1) is 13.2 Å². The molecule has 0 fully saturated rings. The Bertz CT molecular complexity index is 76.8. The van der Waals surface area contributed by atoms with Crippen molar-refractivity contribution in [2.75, 3.05) is 6.54 Å². The standard InChI is InChI=1S/C7H15N.C2H4/c1-4-6-8-7(3)5-2;1-2/h8H,3-6H2,1-2H3;1-2H2. The van der Waals surface area contributed by atoms with Crippen molar-refractivity contribution in [2.24, 2.45) is 0 Å². The minimum atomic E-state index is 1.04. The summed E-state index contributed by atoms with van der Waals surface area (Å²) < 4.78 is 0. The van der Waals surface area contributed by atoms with E-state index in [4.69, 9.17) is 0 Å². The van der Waals surface area contributed by atoms with Gasteiger partial charge in [-0.2, -0.15) is 0 Å². The highest BCUT2D eigenvalue weighted by Crippen LogP contribution is 1.88. The van der Waals surface area contributed by atoms with E-state index in [9.17, 15) is 0 Å². The van der Waals surface area contributed by atoms with E-state index in [1.54, 1.807) is 0 Å². The summed E-state index contributed by atoms with van der Waals surface area (Å²) in [6.45, 7) is 15.1. The number of hydrogen-bond donors (Lipinski definition) is 1. The van der Waals surface area contributed by atoms with Crippen LogP contribution in [0.4, 0.5) is 0 Å². The van der Waals surface area contributed by atoms with Gasteiger partial charge in [-0.3, -0.25) is 0 Å². The van der Waals surface area contributed by atoms with Crippen molar-refractivity contribution < 1.29 is 0 Å². The Morgan fingerprint density at radius 2 is 1.80 bits per heavy atom. The van der Waals surface area contributed by atoms with Gasteiger partial charge in [-0.1, -0.05) is 20.4 Å². The molecular formula is C9H19N. The molecule has 0 radical (unpaired) electrons. The molecule has 1 nitrogen and oxygen atoms in total. The van der Waals surface area contributed by atoms with Gasteiger partial charge in [0.25, 0.3) is 0 Å². The van der Waals surface area contributed by atoms with Crippen LogP contribution in [0.25, 0.3) is 0 Å². The van der Waals surface area contributed by atoms with Crippen LogP contribution in [0.1, 0.15) is 26.7 Å². The van der Waals surface area contributed by atoms with Crippen LogP contribution in [0.2, 0.25) is 0 Å². The van der Waals surface area contributed by atoms with Crippen LogP contribution in [-0.4, -0.2) is 6.54 Å². The second-order valence-electron chi connectivity index (χ2n) is 1.88. The molecule has 60 valence electrons. The molecule has 0 heterocycles. The maximum atomic E-state index is 3.80. The third-order valence-electron chi connectivity index (χ3n) is 1.05. The van der Waals surface area contributed by atoms with E-state index in [0.29, 0.717) is 0 Å². The summed E-state index contributed by atoms with van der Waals surface area (Å²) in [7, 11) is 0. The molecule has 0 amide bonds. The monoisotopic (exact) mass is 141 g/mol. The number of nitrogens with one attached hydrogen (secondary N) is 1. The summed E-state index contributed by atoms with van der Waals surface area (Å²) >= 11 is 0. The minimum absolute atomic E-state index is 1.04. The molecule has 1 heteroatoms. The number of hydrogen-bond acceptors (Lipinski definition) is 1. The maximum Gasteiger partial charge on any atom is 0.0141 e. The van der Waals surface area contributed by atoms with Gasteiger partial charge in [0.15, 0.2) is 0 Å². The lowest BCUT2D eigenvalue weighted by atomic mass is 10.3. The molecule has 0 aromatic carbocycles. The van der Waals surface area contributed by atoms with Gasteiger partial charge in [0.1, 0.15) is 0 Å². The van der Waals surface area contributed by atoms with Gasteiger partial charge >= 0.3 is 0 Å². The van der Waals surface area contributed by atoms with Gasteiger partial charge in [0.2, 0.25) is 0 Å². The molecule has 0 aliphatic rings. The molecule has 0 rings (SSSR count). The van der Waals surface area contributed by atoms with E-state index in [1.807, 2.05) is 0 Å². The van der Waals surface area contributed by atoms with Crippen LogP contribution in [-0.2, 0) is 0 Å². The molecule has 0 unspecified atom stereocenters. The molecule has 0 saturated heterocycles. The first-order valence-corrected chi connectivity index (χ1v) is 3.72. The normalized spacial score (nSPS) is 7.40. The van der Waals surface area contributed by atoms with E-state index in [2.05, 4.69) is 38.9 Å². The second kappa shape index (κ2) is 11.1. The molecule has 0 saturated carbocycles. The third kappa shape index (κ3) is 10.3. The molecule has 0 aliphatic carbocycles. The topological polar surface area (TPSA) is 12.0 Å². The molecule has 10 heavy (non-hydrogen) atoms. The van der Waals surface area contributed by atoms with E-state index >= 15 is 0 Å². The van der Waals surface area contributed by atoms with Crippen molar-refractivity contribution in [2.45, 2.75) is 26.7 Å². The highest BCUT2D eigenvalue weighted by molar-refractivity contribution is 4.88. The van der Waals surface area contributed by atoms with Crippen molar-refractivity contribution in [1.29, 1.82) is 0 Å². The van der Waals surface area contributed by atoms with Crippen LogP contribution in [0, 0.1) is 0 Å². The Morgan fingerprint density at radius 1 is 1.30 bits per heavy atom. The van der Waals surface area contributed by atoms with Crippen molar-refractivity contribution in [3.8, 4) is 0 Å². The molecule has 0 bridgehead atoms. The SMILES string of the molecule is C=C.C=C(CC)NCCC. The molecule has 0 aromatic heterocycles. The molecule has 0 atom stereocenters. The fraction of sp³-hybridized carbons (Fsp3) is 0.556. The first-order chi connectivity index (χ1) is 4.81. The predicted octanol–water partition coefficient (Wildman–Crippen LogP) is 2.71. The van der Waals surface area contributed by atoms with E-state index < -0.39 is 0 Å². The van der Waals surface area contributed by atoms with Crippen LogP contribution < -0.4 is 5.32 Å². The Balaban J connectivity index is 0. The van der Waals surface area contributed by atoms with E-state index in [0.717, 1.165) is 18.7 Å². The Morgan fingerprint density at radius 3 is 2.10 bits per heavy atom. The largest absolute Gasteiger partial charge is 0.389 e. The van der Waals surface area contributed by atoms with Crippen LogP contribution in [0.3, 0.4) is 0 Å². The second-order valence-corrected chi connectivity index (χ2v) is 1.88. The van der Waals surface area contributed by atoms with Crippen LogP contribution >= 0.6 is 0 Å². The lowest BCUT2D eigenvalue weighted by Crippen LogP contribution is -2.11. The summed E-state index contributed by atoms with van der Waals surface area (Å²) in [5.74, 6) is 0. The lowest BCUT2D eigenvalue weighted by molar-refractivity contribution is 0.745.